The highest BCUT2D eigenvalue weighted by Crippen LogP contribution is 2.34. The molecule has 2 heterocycles. The lowest BCUT2D eigenvalue weighted by atomic mass is 10.1. The molecule has 1 atom stereocenters. The molecule has 1 aliphatic heterocycles. The minimum atomic E-state index is -0.112. The lowest BCUT2D eigenvalue weighted by Crippen LogP contribution is -2.37. The molecule has 138 valence electrons. The maximum absolute atomic E-state index is 13.2. The van der Waals surface area contributed by atoms with E-state index >= 15 is 0 Å². The minimum absolute atomic E-state index is 0.00184. The number of nitrogens with zero attached hydrogens (tertiary/aromatic N) is 2. The minimum Gasteiger partial charge on any atom is -0.497 e. The Balaban J connectivity index is 1.70. The van der Waals surface area contributed by atoms with Crippen LogP contribution in [0.2, 0.25) is 0 Å². The highest BCUT2D eigenvalue weighted by Gasteiger charge is 2.30. The molecule has 0 unspecified atom stereocenters. The Hall–Kier alpha value is -3.21. The van der Waals surface area contributed by atoms with Gasteiger partial charge in [-0.15, -0.1) is 0 Å². The van der Waals surface area contributed by atoms with Crippen molar-refractivity contribution in [2.75, 3.05) is 12.4 Å². The highest BCUT2D eigenvalue weighted by atomic mass is 16.5. The average molecular weight is 361 g/mol. The number of aromatic nitrogens is 1. The predicted octanol–water partition coefficient (Wildman–Crippen LogP) is 4.98. The molecule has 0 fully saturated rings. The van der Waals surface area contributed by atoms with Crippen molar-refractivity contribution in [3.63, 3.8) is 0 Å². The van der Waals surface area contributed by atoms with Gasteiger partial charge in [-0.2, -0.15) is 0 Å². The molecule has 1 aliphatic rings. The molecule has 4 rings (SSSR count). The third-order valence-corrected chi connectivity index (χ3v) is 5.06. The number of hydrogen-bond acceptors (Lipinski definition) is 2. The molecule has 0 bridgehead atoms. The lowest BCUT2D eigenvalue weighted by molar-refractivity contribution is 0.181. The molecule has 2 amide bonds. The molecule has 5 heteroatoms. The summed E-state index contributed by atoms with van der Waals surface area (Å²) in [6.07, 6.45) is 2.91. The smallest absolute Gasteiger partial charge is 0.322 e. The van der Waals surface area contributed by atoms with Crippen LogP contribution < -0.4 is 10.1 Å². The Bertz CT molecular complexity index is 963. The summed E-state index contributed by atoms with van der Waals surface area (Å²) in [6, 6.07) is 19.7. The average Bonchev–Trinajstić information content (AvgIpc) is 3.12. The van der Waals surface area contributed by atoms with Crippen molar-refractivity contribution in [3.05, 3.63) is 78.1 Å². The zero-order chi connectivity index (χ0) is 18.8. The zero-order valence-corrected chi connectivity index (χ0v) is 15.6. The van der Waals surface area contributed by atoms with E-state index < -0.39 is 0 Å². The van der Waals surface area contributed by atoms with E-state index in [-0.39, 0.29) is 12.1 Å². The summed E-state index contributed by atoms with van der Waals surface area (Å²) in [7, 11) is 1.62. The number of urea groups is 1. The van der Waals surface area contributed by atoms with Crippen molar-refractivity contribution in [2.24, 2.45) is 0 Å². The molecular formula is C22H23N3O2. The van der Waals surface area contributed by atoms with Gasteiger partial charge in [0.05, 0.1) is 25.4 Å². The highest BCUT2D eigenvalue weighted by molar-refractivity contribution is 5.90. The van der Waals surface area contributed by atoms with Crippen molar-refractivity contribution < 1.29 is 9.53 Å². The van der Waals surface area contributed by atoms with Crippen molar-refractivity contribution in [1.29, 1.82) is 0 Å². The fourth-order valence-electron chi connectivity index (χ4n) is 3.76. The SMILES string of the molecule is CC[C@@H]1c2cccn2-c2ccccc2CN1C(=O)Nc1cccc(OC)c1. The Labute approximate surface area is 159 Å². The quantitative estimate of drug-likeness (QED) is 0.715. The van der Waals surface area contributed by atoms with Crippen molar-refractivity contribution >= 4 is 11.7 Å². The second kappa shape index (κ2) is 7.19. The molecule has 2 aromatic carbocycles. The first-order chi connectivity index (χ1) is 13.2. The normalized spacial score (nSPS) is 15.5. The van der Waals surface area contributed by atoms with Gasteiger partial charge in [-0.05, 0) is 42.3 Å². The first kappa shape index (κ1) is 17.2. The number of ether oxygens (including phenoxy) is 1. The van der Waals surface area contributed by atoms with Gasteiger partial charge in [0.15, 0.2) is 0 Å². The van der Waals surface area contributed by atoms with Crippen LogP contribution in [-0.4, -0.2) is 22.6 Å². The van der Waals surface area contributed by atoms with E-state index in [0.29, 0.717) is 6.54 Å². The molecule has 1 N–H and O–H groups in total. The number of benzene rings is 2. The Morgan fingerprint density at radius 1 is 1.15 bits per heavy atom. The van der Waals surface area contributed by atoms with Gasteiger partial charge < -0.3 is 19.5 Å². The summed E-state index contributed by atoms with van der Waals surface area (Å²) in [4.78, 5) is 15.1. The summed E-state index contributed by atoms with van der Waals surface area (Å²) in [5.74, 6) is 0.718. The number of anilines is 1. The van der Waals surface area contributed by atoms with Gasteiger partial charge in [0.1, 0.15) is 5.75 Å². The molecule has 5 nitrogen and oxygen atoms in total. The van der Waals surface area contributed by atoms with Crippen LogP contribution in [0, 0.1) is 0 Å². The lowest BCUT2D eigenvalue weighted by Gasteiger charge is -2.29. The van der Waals surface area contributed by atoms with Crippen molar-refractivity contribution in [3.8, 4) is 11.4 Å². The number of carbonyl (C=O) groups excluding carboxylic acids is 1. The first-order valence-electron chi connectivity index (χ1n) is 9.18. The number of carbonyl (C=O) groups is 1. The van der Waals surface area contributed by atoms with E-state index in [0.717, 1.165) is 34.8 Å². The van der Waals surface area contributed by atoms with Gasteiger partial charge in [0, 0.05) is 23.6 Å². The van der Waals surface area contributed by atoms with Crippen LogP contribution in [0.3, 0.4) is 0 Å². The fraction of sp³-hybridized carbons (Fsp3) is 0.227. The van der Waals surface area contributed by atoms with Crippen molar-refractivity contribution in [1.82, 2.24) is 9.47 Å². The number of nitrogens with one attached hydrogen (secondary N) is 1. The van der Waals surface area contributed by atoms with Gasteiger partial charge in [-0.3, -0.25) is 0 Å². The standard InChI is InChI=1S/C22H23N3O2/c1-3-19-21-12-7-13-24(21)20-11-5-4-8-16(20)15-25(19)22(26)23-17-9-6-10-18(14-17)27-2/h4-14,19H,3,15H2,1-2H3,(H,23,26)/t19-/m1/s1. The number of para-hydroxylation sites is 1. The monoisotopic (exact) mass is 361 g/mol. The van der Waals surface area contributed by atoms with Crippen molar-refractivity contribution in [2.45, 2.75) is 25.9 Å². The largest absolute Gasteiger partial charge is 0.497 e. The van der Waals surface area contributed by atoms with Gasteiger partial charge in [0.25, 0.3) is 0 Å². The second-order valence-electron chi connectivity index (χ2n) is 6.65. The fourth-order valence-corrected chi connectivity index (χ4v) is 3.76. The van der Waals surface area contributed by atoms with E-state index in [1.54, 1.807) is 7.11 Å². The molecule has 0 radical (unpaired) electrons. The number of rotatable bonds is 3. The molecule has 0 aliphatic carbocycles. The van der Waals surface area contributed by atoms with Crippen LogP contribution >= 0.6 is 0 Å². The number of methoxy groups -OCH3 is 1. The zero-order valence-electron chi connectivity index (χ0n) is 15.6. The second-order valence-corrected chi connectivity index (χ2v) is 6.65. The van der Waals surface area contributed by atoms with E-state index in [1.165, 1.54) is 0 Å². The van der Waals surface area contributed by atoms with Crippen LogP contribution in [0.15, 0.2) is 66.9 Å². The maximum atomic E-state index is 13.2. The molecular weight excluding hydrogens is 338 g/mol. The summed E-state index contributed by atoms with van der Waals surface area (Å²) in [5, 5.41) is 3.03. The summed E-state index contributed by atoms with van der Waals surface area (Å²) in [6.45, 7) is 2.68. The van der Waals surface area contributed by atoms with Gasteiger partial charge in [-0.1, -0.05) is 31.2 Å². The number of amides is 2. The van der Waals surface area contributed by atoms with E-state index in [4.69, 9.17) is 4.74 Å². The summed E-state index contributed by atoms with van der Waals surface area (Å²) in [5.41, 5.74) is 4.12. The van der Waals surface area contributed by atoms with E-state index in [1.807, 2.05) is 47.4 Å². The number of fused-ring (bicyclic) bond motifs is 3. The van der Waals surface area contributed by atoms with Gasteiger partial charge in [0.2, 0.25) is 0 Å². The predicted molar refractivity (Wildman–Crippen MR) is 106 cm³/mol. The summed E-state index contributed by atoms with van der Waals surface area (Å²) >= 11 is 0. The molecule has 1 aromatic heterocycles. The topological polar surface area (TPSA) is 46.5 Å². The van der Waals surface area contributed by atoms with Crippen LogP contribution in [0.4, 0.5) is 10.5 Å². The Kier molecular flexibility index (Phi) is 4.59. The molecule has 0 saturated carbocycles. The van der Waals surface area contributed by atoms with Gasteiger partial charge in [-0.25, -0.2) is 4.79 Å². The van der Waals surface area contributed by atoms with Crippen LogP contribution in [0.25, 0.3) is 5.69 Å². The molecule has 27 heavy (non-hydrogen) atoms. The van der Waals surface area contributed by atoms with Gasteiger partial charge >= 0.3 is 6.03 Å². The Morgan fingerprint density at radius 2 is 2.00 bits per heavy atom. The van der Waals surface area contributed by atoms with E-state index in [9.17, 15) is 4.79 Å². The molecule has 0 spiro atoms. The van der Waals surface area contributed by atoms with E-state index in [2.05, 4.69) is 41.2 Å². The van der Waals surface area contributed by atoms with Crippen LogP contribution in [0.1, 0.15) is 30.6 Å². The summed E-state index contributed by atoms with van der Waals surface area (Å²) < 4.78 is 7.46. The number of hydrogen-bond donors (Lipinski definition) is 1. The van der Waals surface area contributed by atoms with Crippen LogP contribution in [-0.2, 0) is 6.54 Å². The van der Waals surface area contributed by atoms with Crippen LogP contribution in [0.5, 0.6) is 5.75 Å². The first-order valence-corrected chi connectivity index (χ1v) is 9.18. The Morgan fingerprint density at radius 3 is 2.81 bits per heavy atom. The molecule has 0 saturated heterocycles. The third-order valence-electron chi connectivity index (χ3n) is 5.06. The third kappa shape index (κ3) is 3.16. The maximum Gasteiger partial charge on any atom is 0.322 e. The molecule has 3 aromatic rings.